The quantitative estimate of drug-likeness (QED) is 0.436. The molecule has 1 heterocycles. The minimum Gasteiger partial charge on any atom is -0.475 e. The molecular formula is C26H26N2O6. The van der Waals surface area contributed by atoms with E-state index in [4.69, 9.17) is 14.3 Å². The molecule has 8 heteroatoms. The van der Waals surface area contributed by atoms with Gasteiger partial charge in [0.2, 0.25) is 11.7 Å². The average Bonchev–Trinajstić information content (AvgIpc) is 3.43. The molecule has 0 radical (unpaired) electrons. The maximum atomic E-state index is 12.4. The number of aromatic carboxylic acids is 1. The minimum atomic E-state index is -1.16. The highest BCUT2D eigenvalue weighted by atomic mass is 16.5. The van der Waals surface area contributed by atoms with Crippen molar-refractivity contribution in [1.82, 2.24) is 10.6 Å². The van der Waals surface area contributed by atoms with Gasteiger partial charge in [-0.25, -0.2) is 9.59 Å². The zero-order chi connectivity index (χ0) is 24.1. The number of hydrogen-bond donors (Lipinski definition) is 3. The van der Waals surface area contributed by atoms with Gasteiger partial charge in [-0.15, -0.1) is 0 Å². The number of furan rings is 1. The van der Waals surface area contributed by atoms with Gasteiger partial charge in [-0.05, 0) is 47.7 Å². The molecule has 1 aromatic heterocycles. The fourth-order valence-electron chi connectivity index (χ4n) is 4.12. The number of amides is 2. The largest absolute Gasteiger partial charge is 0.475 e. The zero-order valence-electron chi connectivity index (χ0n) is 18.7. The van der Waals surface area contributed by atoms with Crippen LogP contribution in [0.4, 0.5) is 4.79 Å². The van der Waals surface area contributed by atoms with E-state index in [9.17, 15) is 14.4 Å². The first kappa shape index (κ1) is 23.1. The first-order valence-corrected chi connectivity index (χ1v) is 11.1. The molecule has 0 spiro atoms. The molecule has 1 aliphatic rings. The molecule has 1 atom stereocenters. The summed E-state index contributed by atoms with van der Waals surface area (Å²) in [6.45, 7) is 2.13. The van der Waals surface area contributed by atoms with E-state index in [0.717, 1.165) is 11.1 Å². The van der Waals surface area contributed by atoms with Gasteiger partial charge in [0.15, 0.2) is 0 Å². The molecule has 34 heavy (non-hydrogen) atoms. The Morgan fingerprint density at radius 2 is 1.65 bits per heavy atom. The Balaban J connectivity index is 1.21. The number of hydrogen-bond acceptors (Lipinski definition) is 5. The molecule has 0 bridgehead atoms. The Bertz CT molecular complexity index is 1160. The van der Waals surface area contributed by atoms with E-state index in [1.54, 1.807) is 6.92 Å². The van der Waals surface area contributed by atoms with Crippen LogP contribution in [0.25, 0.3) is 11.1 Å². The maximum Gasteiger partial charge on any atom is 0.407 e. The normalized spacial score (nSPS) is 13.0. The van der Waals surface area contributed by atoms with Crippen molar-refractivity contribution in [3.8, 4) is 11.1 Å². The second kappa shape index (κ2) is 10.2. The van der Waals surface area contributed by atoms with Gasteiger partial charge in [0, 0.05) is 18.4 Å². The number of carboxylic acids is 1. The predicted molar refractivity (Wildman–Crippen MR) is 124 cm³/mol. The molecule has 0 saturated heterocycles. The summed E-state index contributed by atoms with van der Waals surface area (Å²) in [5.74, 6) is -1.22. The van der Waals surface area contributed by atoms with Crippen LogP contribution in [-0.2, 0) is 16.1 Å². The summed E-state index contributed by atoms with van der Waals surface area (Å²) >= 11 is 0. The van der Waals surface area contributed by atoms with Crippen molar-refractivity contribution in [2.24, 2.45) is 0 Å². The monoisotopic (exact) mass is 462 g/mol. The molecule has 0 fully saturated rings. The number of ether oxygens (including phenoxy) is 1. The Kier molecular flexibility index (Phi) is 6.96. The lowest BCUT2D eigenvalue weighted by Crippen LogP contribution is -2.35. The molecule has 2 aromatic carbocycles. The lowest BCUT2D eigenvalue weighted by Gasteiger charge is -2.17. The van der Waals surface area contributed by atoms with E-state index >= 15 is 0 Å². The van der Waals surface area contributed by atoms with E-state index in [2.05, 4.69) is 34.9 Å². The van der Waals surface area contributed by atoms with Crippen LogP contribution in [0.1, 0.15) is 53.1 Å². The summed E-state index contributed by atoms with van der Waals surface area (Å²) in [7, 11) is 0. The van der Waals surface area contributed by atoms with E-state index < -0.39 is 12.1 Å². The summed E-state index contributed by atoms with van der Waals surface area (Å²) in [6, 6.07) is 18.9. The first-order chi connectivity index (χ1) is 16.4. The molecule has 4 rings (SSSR count). The van der Waals surface area contributed by atoms with Crippen molar-refractivity contribution in [3.05, 3.63) is 83.3 Å². The highest BCUT2D eigenvalue weighted by molar-refractivity contribution is 5.84. The number of fused-ring (bicyclic) bond motifs is 3. The summed E-state index contributed by atoms with van der Waals surface area (Å²) in [4.78, 5) is 35.2. The van der Waals surface area contributed by atoms with Crippen molar-refractivity contribution >= 4 is 18.0 Å². The molecule has 3 aromatic rings. The Hall–Kier alpha value is -4.07. The van der Waals surface area contributed by atoms with E-state index in [1.807, 2.05) is 24.3 Å². The van der Waals surface area contributed by atoms with Crippen LogP contribution in [0.3, 0.4) is 0 Å². The third-order valence-electron chi connectivity index (χ3n) is 5.84. The average molecular weight is 463 g/mol. The molecule has 8 nitrogen and oxygen atoms in total. The van der Waals surface area contributed by atoms with Gasteiger partial charge < -0.3 is 24.9 Å². The number of carboxylic acid groups (broad SMARTS) is 1. The van der Waals surface area contributed by atoms with E-state index in [0.29, 0.717) is 12.2 Å². The minimum absolute atomic E-state index is 0.0116. The van der Waals surface area contributed by atoms with Crippen LogP contribution in [-0.4, -0.2) is 35.7 Å². The van der Waals surface area contributed by atoms with Gasteiger partial charge >= 0.3 is 12.1 Å². The van der Waals surface area contributed by atoms with Crippen LogP contribution in [0.2, 0.25) is 0 Å². The summed E-state index contributed by atoms with van der Waals surface area (Å²) in [6.07, 6.45) is 0.0952. The smallest absolute Gasteiger partial charge is 0.407 e. The zero-order valence-corrected chi connectivity index (χ0v) is 18.7. The second-order valence-electron chi connectivity index (χ2n) is 8.26. The highest BCUT2D eigenvalue weighted by Gasteiger charge is 2.29. The number of carbonyl (C=O) groups excluding carboxylic acids is 2. The second-order valence-corrected chi connectivity index (χ2v) is 8.26. The summed E-state index contributed by atoms with van der Waals surface area (Å²) in [5, 5.41) is 14.3. The Labute approximate surface area is 196 Å². The summed E-state index contributed by atoms with van der Waals surface area (Å²) < 4.78 is 10.6. The van der Waals surface area contributed by atoms with Crippen molar-refractivity contribution in [2.45, 2.75) is 38.3 Å². The molecule has 176 valence electrons. The van der Waals surface area contributed by atoms with Crippen molar-refractivity contribution in [1.29, 1.82) is 0 Å². The van der Waals surface area contributed by atoms with E-state index in [1.165, 1.54) is 23.3 Å². The topological polar surface area (TPSA) is 118 Å². The van der Waals surface area contributed by atoms with Gasteiger partial charge in [-0.3, -0.25) is 4.79 Å². The van der Waals surface area contributed by atoms with Gasteiger partial charge in [-0.2, -0.15) is 0 Å². The molecule has 2 amide bonds. The fourth-order valence-corrected chi connectivity index (χ4v) is 4.12. The number of carbonyl (C=O) groups is 3. The van der Waals surface area contributed by atoms with Gasteiger partial charge in [0.25, 0.3) is 0 Å². The number of benzene rings is 2. The van der Waals surface area contributed by atoms with Gasteiger partial charge in [0.05, 0.1) is 6.54 Å². The van der Waals surface area contributed by atoms with Crippen LogP contribution in [0.15, 0.2) is 65.1 Å². The highest BCUT2D eigenvalue weighted by Crippen LogP contribution is 2.44. The first-order valence-electron chi connectivity index (χ1n) is 11.1. The third-order valence-corrected chi connectivity index (χ3v) is 5.84. The molecular weight excluding hydrogens is 436 g/mol. The van der Waals surface area contributed by atoms with Crippen molar-refractivity contribution < 1.29 is 28.6 Å². The van der Waals surface area contributed by atoms with Crippen LogP contribution < -0.4 is 10.6 Å². The predicted octanol–water partition coefficient (Wildman–Crippen LogP) is 4.30. The lowest BCUT2D eigenvalue weighted by molar-refractivity contribution is -0.121. The number of nitrogens with one attached hydrogen (secondary N) is 2. The molecule has 3 N–H and O–H groups in total. The van der Waals surface area contributed by atoms with Gasteiger partial charge in [-0.1, -0.05) is 48.5 Å². The Morgan fingerprint density at radius 3 is 2.26 bits per heavy atom. The lowest BCUT2D eigenvalue weighted by atomic mass is 9.98. The summed E-state index contributed by atoms with van der Waals surface area (Å²) in [5.41, 5.74) is 4.63. The fraction of sp³-hybridized carbons (Fsp3) is 0.269. The van der Waals surface area contributed by atoms with Gasteiger partial charge in [0.1, 0.15) is 12.4 Å². The molecule has 1 unspecified atom stereocenters. The van der Waals surface area contributed by atoms with Crippen LogP contribution in [0.5, 0.6) is 0 Å². The van der Waals surface area contributed by atoms with E-state index in [-0.39, 0.29) is 43.2 Å². The maximum absolute atomic E-state index is 12.4. The standard InChI is InChI=1S/C26H26N2O6/c1-16(10-13-24(29)27-14-17-11-12-23(34-17)25(30)31)28-26(32)33-15-22-20-8-4-2-6-18(20)19-7-3-5-9-21(19)22/h2-9,11-12,16,22H,10,13-15H2,1H3,(H,27,29)(H,28,32)(H,30,31). The number of alkyl carbamates (subject to hydrolysis) is 1. The van der Waals surface area contributed by atoms with Crippen LogP contribution in [0, 0.1) is 0 Å². The van der Waals surface area contributed by atoms with Crippen LogP contribution >= 0.6 is 0 Å². The molecule has 0 aliphatic heterocycles. The third kappa shape index (κ3) is 5.28. The molecule has 1 aliphatic carbocycles. The SMILES string of the molecule is CC(CCC(=O)NCc1ccc(C(=O)O)o1)NC(=O)OCC1c2ccccc2-c2ccccc21. The van der Waals surface area contributed by atoms with Crippen molar-refractivity contribution in [3.63, 3.8) is 0 Å². The number of rotatable bonds is 9. The Morgan fingerprint density at radius 1 is 1.00 bits per heavy atom. The van der Waals surface area contributed by atoms with Crippen molar-refractivity contribution in [2.75, 3.05) is 6.61 Å². The molecule has 0 saturated carbocycles.